The molecule has 64 valence electrons. The third kappa shape index (κ3) is 1.82. The Kier molecular flexibility index (Phi) is 2.69. The van der Waals surface area contributed by atoms with Gasteiger partial charge in [-0.1, -0.05) is 26.7 Å². The van der Waals surface area contributed by atoms with E-state index in [4.69, 9.17) is 0 Å². The number of hydrogen-bond donors (Lipinski definition) is 0. The van der Waals surface area contributed by atoms with Crippen molar-refractivity contribution in [3.05, 3.63) is 0 Å². The lowest BCUT2D eigenvalue weighted by molar-refractivity contribution is -0.118. The molecule has 0 aromatic rings. The van der Waals surface area contributed by atoms with Crippen LogP contribution in [0, 0.1) is 17.8 Å². The van der Waals surface area contributed by atoms with Gasteiger partial charge in [-0.2, -0.15) is 0 Å². The van der Waals surface area contributed by atoms with Crippen molar-refractivity contribution in [2.75, 3.05) is 0 Å². The third-order valence-electron chi connectivity index (χ3n) is 3.02. The molecule has 1 aliphatic carbocycles. The first-order valence-electron chi connectivity index (χ1n) is 4.71. The average molecular weight is 154 g/mol. The Labute approximate surface area is 69.2 Å². The molecule has 1 nitrogen and oxygen atoms in total. The van der Waals surface area contributed by atoms with E-state index in [-0.39, 0.29) is 0 Å². The molecule has 1 heteroatoms. The highest BCUT2D eigenvalue weighted by Gasteiger charge is 2.43. The van der Waals surface area contributed by atoms with Gasteiger partial charge in [0.25, 0.3) is 0 Å². The fourth-order valence-electron chi connectivity index (χ4n) is 2.10. The van der Waals surface area contributed by atoms with Gasteiger partial charge in [0, 0.05) is 5.92 Å². The van der Waals surface area contributed by atoms with E-state index in [0.29, 0.717) is 11.7 Å². The summed E-state index contributed by atoms with van der Waals surface area (Å²) in [6.07, 6.45) is 3.65. The quantitative estimate of drug-likeness (QED) is 0.608. The van der Waals surface area contributed by atoms with Crippen LogP contribution < -0.4 is 0 Å². The zero-order valence-corrected chi connectivity index (χ0v) is 7.76. The van der Waals surface area contributed by atoms with E-state index in [2.05, 4.69) is 13.8 Å². The van der Waals surface area contributed by atoms with E-state index in [1.807, 2.05) is 0 Å². The molecule has 2 atom stereocenters. The number of carbonyl (C=O) groups is 1. The van der Waals surface area contributed by atoms with Crippen molar-refractivity contribution >= 4 is 5.78 Å². The highest BCUT2D eigenvalue weighted by Crippen LogP contribution is 2.47. The van der Waals surface area contributed by atoms with Crippen molar-refractivity contribution in [3.8, 4) is 0 Å². The van der Waals surface area contributed by atoms with Gasteiger partial charge < -0.3 is 0 Å². The molecule has 0 bridgehead atoms. The molecule has 0 heterocycles. The number of rotatable bonds is 4. The zero-order valence-electron chi connectivity index (χ0n) is 7.76. The number of Topliss-reactive ketones (excluding diaryl/α,β-unsaturated/α-hetero) is 1. The topological polar surface area (TPSA) is 17.1 Å². The Morgan fingerprint density at radius 1 is 1.45 bits per heavy atom. The summed E-state index contributed by atoms with van der Waals surface area (Å²) >= 11 is 0. The highest BCUT2D eigenvalue weighted by molar-refractivity contribution is 5.81. The van der Waals surface area contributed by atoms with Crippen molar-refractivity contribution in [1.29, 1.82) is 0 Å². The predicted molar refractivity (Wildman–Crippen MR) is 46.4 cm³/mol. The molecule has 0 aromatic heterocycles. The summed E-state index contributed by atoms with van der Waals surface area (Å²) in [5, 5.41) is 0. The second-order valence-corrected chi connectivity index (χ2v) is 3.69. The number of carbonyl (C=O) groups excluding carboxylic acids is 1. The summed E-state index contributed by atoms with van der Waals surface area (Å²) in [5.74, 6) is 2.38. The molecular formula is C10H18O. The number of hydrogen-bond acceptors (Lipinski definition) is 1. The molecule has 1 rings (SSSR count). The van der Waals surface area contributed by atoms with Gasteiger partial charge in [0.2, 0.25) is 0 Å². The first-order chi connectivity index (χ1) is 5.20. The van der Waals surface area contributed by atoms with E-state index in [1.165, 1.54) is 19.3 Å². The lowest BCUT2D eigenvalue weighted by Gasteiger charge is -2.09. The maximum Gasteiger partial charge on any atom is 0.133 e. The smallest absolute Gasteiger partial charge is 0.133 e. The SMILES string of the molecule is CCC(CC)C1CC1C(C)=O. The maximum absolute atomic E-state index is 11.0. The molecule has 0 N–H and O–H groups in total. The van der Waals surface area contributed by atoms with Crippen LogP contribution in [0.5, 0.6) is 0 Å². The lowest BCUT2D eigenvalue weighted by Crippen LogP contribution is -2.04. The van der Waals surface area contributed by atoms with Crippen molar-refractivity contribution in [3.63, 3.8) is 0 Å². The van der Waals surface area contributed by atoms with Crippen molar-refractivity contribution in [1.82, 2.24) is 0 Å². The fourth-order valence-corrected chi connectivity index (χ4v) is 2.10. The Balaban J connectivity index is 2.35. The summed E-state index contributed by atoms with van der Waals surface area (Å²) < 4.78 is 0. The predicted octanol–water partition coefficient (Wildman–Crippen LogP) is 2.65. The van der Waals surface area contributed by atoms with Crippen LogP contribution in [-0.4, -0.2) is 5.78 Å². The second-order valence-electron chi connectivity index (χ2n) is 3.69. The Morgan fingerprint density at radius 3 is 2.27 bits per heavy atom. The minimum absolute atomic E-state index is 0.405. The lowest BCUT2D eigenvalue weighted by atomic mass is 9.96. The van der Waals surface area contributed by atoms with Crippen LogP contribution >= 0.6 is 0 Å². The molecular weight excluding hydrogens is 136 g/mol. The van der Waals surface area contributed by atoms with Gasteiger partial charge in [0.15, 0.2) is 0 Å². The molecule has 1 aliphatic rings. The second kappa shape index (κ2) is 3.38. The van der Waals surface area contributed by atoms with Gasteiger partial charge in [0.1, 0.15) is 5.78 Å². The summed E-state index contributed by atoms with van der Waals surface area (Å²) in [5.41, 5.74) is 0. The summed E-state index contributed by atoms with van der Waals surface area (Å²) in [4.78, 5) is 11.0. The molecule has 0 amide bonds. The van der Waals surface area contributed by atoms with Gasteiger partial charge in [0.05, 0.1) is 0 Å². The normalized spacial score (nSPS) is 29.1. The zero-order chi connectivity index (χ0) is 8.43. The van der Waals surface area contributed by atoms with E-state index in [0.717, 1.165) is 11.8 Å². The van der Waals surface area contributed by atoms with Crippen LogP contribution in [0.2, 0.25) is 0 Å². The van der Waals surface area contributed by atoms with Gasteiger partial charge in [-0.15, -0.1) is 0 Å². The molecule has 2 unspecified atom stereocenters. The van der Waals surface area contributed by atoms with Crippen LogP contribution in [-0.2, 0) is 4.79 Å². The maximum atomic E-state index is 11.0. The largest absolute Gasteiger partial charge is 0.300 e. The van der Waals surface area contributed by atoms with Crippen LogP contribution in [0.1, 0.15) is 40.0 Å². The molecule has 0 saturated heterocycles. The van der Waals surface area contributed by atoms with E-state index in [9.17, 15) is 4.79 Å². The minimum atomic E-state index is 0.405. The summed E-state index contributed by atoms with van der Waals surface area (Å²) in [6, 6.07) is 0. The van der Waals surface area contributed by atoms with Gasteiger partial charge in [-0.25, -0.2) is 0 Å². The minimum Gasteiger partial charge on any atom is -0.300 e. The standard InChI is InChI=1S/C10H18O/c1-4-8(5-2)10-6-9(10)7(3)11/h8-10H,4-6H2,1-3H3. The van der Waals surface area contributed by atoms with E-state index >= 15 is 0 Å². The first-order valence-corrected chi connectivity index (χ1v) is 4.71. The Bertz CT molecular complexity index is 147. The third-order valence-corrected chi connectivity index (χ3v) is 3.02. The first kappa shape index (κ1) is 8.76. The van der Waals surface area contributed by atoms with Gasteiger partial charge in [-0.3, -0.25) is 4.79 Å². The molecule has 0 spiro atoms. The molecule has 11 heavy (non-hydrogen) atoms. The van der Waals surface area contributed by atoms with E-state index in [1.54, 1.807) is 6.92 Å². The molecule has 1 saturated carbocycles. The van der Waals surface area contributed by atoms with Crippen LogP contribution in [0.3, 0.4) is 0 Å². The van der Waals surface area contributed by atoms with Crippen LogP contribution in [0.25, 0.3) is 0 Å². The van der Waals surface area contributed by atoms with Crippen molar-refractivity contribution in [2.45, 2.75) is 40.0 Å². The number of ketones is 1. The van der Waals surface area contributed by atoms with Gasteiger partial charge in [-0.05, 0) is 25.2 Å². The summed E-state index contributed by atoms with van der Waals surface area (Å²) in [7, 11) is 0. The van der Waals surface area contributed by atoms with E-state index < -0.39 is 0 Å². The van der Waals surface area contributed by atoms with Crippen LogP contribution in [0.15, 0.2) is 0 Å². The fraction of sp³-hybridized carbons (Fsp3) is 0.900. The molecule has 0 radical (unpaired) electrons. The van der Waals surface area contributed by atoms with Crippen molar-refractivity contribution < 1.29 is 4.79 Å². The monoisotopic (exact) mass is 154 g/mol. The molecule has 0 aliphatic heterocycles. The molecule has 1 fully saturated rings. The van der Waals surface area contributed by atoms with Crippen molar-refractivity contribution in [2.24, 2.45) is 17.8 Å². The Morgan fingerprint density at radius 2 is 2.00 bits per heavy atom. The van der Waals surface area contributed by atoms with Crippen LogP contribution in [0.4, 0.5) is 0 Å². The Hall–Kier alpha value is -0.330. The highest BCUT2D eigenvalue weighted by atomic mass is 16.1. The molecule has 0 aromatic carbocycles. The summed E-state index contributed by atoms with van der Waals surface area (Å²) in [6.45, 7) is 6.18. The average Bonchev–Trinajstić information content (AvgIpc) is 2.70. The van der Waals surface area contributed by atoms with Gasteiger partial charge >= 0.3 is 0 Å².